The zero-order valence-electron chi connectivity index (χ0n) is 15.1. The molecule has 0 saturated heterocycles. The summed E-state index contributed by atoms with van der Waals surface area (Å²) in [5.41, 5.74) is 4.73. The fraction of sp³-hybridized carbons (Fsp3) is 0.143. The third-order valence-electron chi connectivity index (χ3n) is 3.92. The van der Waals surface area contributed by atoms with Crippen LogP contribution >= 0.6 is 11.8 Å². The first-order valence-corrected chi connectivity index (χ1v) is 9.38. The number of nitriles is 1. The Hall–Kier alpha value is -3.17. The molecule has 0 aliphatic heterocycles. The monoisotopic (exact) mass is 374 g/mol. The van der Waals surface area contributed by atoms with Crippen LogP contribution in [0.5, 0.6) is 0 Å². The van der Waals surface area contributed by atoms with E-state index in [1.54, 1.807) is 18.3 Å². The quantitative estimate of drug-likeness (QED) is 0.671. The number of benzene rings is 1. The SMILES string of the molecule is Cc1ccc(C)c(NC(=O)CSc2nc(-c3ccccn3)ccc2C#N)c1. The first-order chi connectivity index (χ1) is 13.1. The molecule has 2 aromatic heterocycles. The molecule has 6 heteroatoms. The number of pyridine rings is 2. The van der Waals surface area contributed by atoms with E-state index in [9.17, 15) is 10.1 Å². The normalized spacial score (nSPS) is 10.3. The van der Waals surface area contributed by atoms with Gasteiger partial charge in [-0.15, -0.1) is 0 Å². The predicted molar refractivity (Wildman–Crippen MR) is 107 cm³/mol. The molecule has 5 nitrogen and oxygen atoms in total. The molecule has 1 aromatic carbocycles. The molecule has 27 heavy (non-hydrogen) atoms. The van der Waals surface area contributed by atoms with E-state index in [4.69, 9.17) is 0 Å². The third kappa shape index (κ3) is 4.72. The van der Waals surface area contributed by atoms with E-state index in [0.717, 1.165) is 22.5 Å². The van der Waals surface area contributed by atoms with Crippen molar-refractivity contribution in [1.82, 2.24) is 9.97 Å². The van der Waals surface area contributed by atoms with Gasteiger partial charge >= 0.3 is 0 Å². The van der Waals surface area contributed by atoms with Gasteiger partial charge in [-0.05, 0) is 55.3 Å². The molecule has 0 spiro atoms. The average Bonchev–Trinajstić information content (AvgIpc) is 2.69. The maximum absolute atomic E-state index is 12.3. The van der Waals surface area contributed by atoms with Crippen LogP contribution in [0.4, 0.5) is 5.69 Å². The van der Waals surface area contributed by atoms with E-state index in [1.807, 2.05) is 50.2 Å². The molecule has 0 aliphatic rings. The van der Waals surface area contributed by atoms with Crippen LogP contribution in [-0.4, -0.2) is 21.6 Å². The minimum Gasteiger partial charge on any atom is -0.325 e. The number of rotatable bonds is 5. The van der Waals surface area contributed by atoms with Crippen molar-refractivity contribution < 1.29 is 4.79 Å². The fourth-order valence-electron chi connectivity index (χ4n) is 2.48. The molecule has 0 fully saturated rings. The highest BCUT2D eigenvalue weighted by atomic mass is 32.2. The van der Waals surface area contributed by atoms with Crippen molar-refractivity contribution in [3.8, 4) is 17.5 Å². The minimum absolute atomic E-state index is 0.136. The summed E-state index contributed by atoms with van der Waals surface area (Å²) >= 11 is 1.24. The Morgan fingerprint density at radius 2 is 2.00 bits per heavy atom. The average molecular weight is 374 g/mol. The van der Waals surface area contributed by atoms with E-state index in [2.05, 4.69) is 21.4 Å². The summed E-state index contributed by atoms with van der Waals surface area (Å²) in [4.78, 5) is 21.2. The van der Waals surface area contributed by atoms with Crippen molar-refractivity contribution in [2.24, 2.45) is 0 Å². The first-order valence-electron chi connectivity index (χ1n) is 8.39. The molecule has 0 aliphatic carbocycles. The molecule has 1 N–H and O–H groups in total. The number of aromatic nitrogens is 2. The van der Waals surface area contributed by atoms with Gasteiger partial charge in [0.1, 0.15) is 11.1 Å². The zero-order valence-corrected chi connectivity index (χ0v) is 15.9. The number of carbonyl (C=O) groups excluding carboxylic acids is 1. The molecule has 3 rings (SSSR count). The van der Waals surface area contributed by atoms with Gasteiger partial charge in [0.05, 0.1) is 22.7 Å². The largest absolute Gasteiger partial charge is 0.325 e. The number of hydrogen-bond acceptors (Lipinski definition) is 5. The Bertz CT molecular complexity index is 1010. The molecule has 0 unspecified atom stereocenters. The molecule has 1 amide bonds. The molecule has 134 valence electrons. The van der Waals surface area contributed by atoms with Crippen LogP contribution in [0.1, 0.15) is 16.7 Å². The second kappa shape index (κ2) is 8.47. The van der Waals surface area contributed by atoms with Gasteiger partial charge in [0.2, 0.25) is 5.91 Å². The highest BCUT2D eigenvalue weighted by Gasteiger charge is 2.12. The van der Waals surface area contributed by atoms with Crippen molar-refractivity contribution >= 4 is 23.4 Å². The zero-order chi connectivity index (χ0) is 19.2. The molecule has 0 saturated carbocycles. The van der Waals surface area contributed by atoms with Crippen LogP contribution in [0.3, 0.4) is 0 Å². The Kier molecular flexibility index (Phi) is 5.84. The molecule has 3 aromatic rings. The van der Waals surface area contributed by atoms with Gasteiger partial charge in [-0.2, -0.15) is 5.26 Å². The molecule has 0 radical (unpaired) electrons. The van der Waals surface area contributed by atoms with Gasteiger partial charge in [0, 0.05) is 11.9 Å². The number of hydrogen-bond donors (Lipinski definition) is 1. The number of anilines is 1. The summed E-state index contributed by atoms with van der Waals surface area (Å²) in [6.45, 7) is 3.93. The summed E-state index contributed by atoms with van der Waals surface area (Å²) in [5.74, 6) is 0.0309. The van der Waals surface area contributed by atoms with Crippen LogP contribution in [0.2, 0.25) is 0 Å². The summed E-state index contributed by atoms with van der Waals surface area (Å²) in [6.07, 6.45) is 1.69. The van der Waals surface area contributed by atoms with Gasteiger partial charge in [-0.25, -0.2) is 4.98 Å². The summed E-state index contributed by atoms with van der Waals surface area (Å²) < 4.78 is 0. The number of thioether (sulfide) groups is 1. The van der Waals surface area contributed by atoms with Crippen LogP contribution in [0.25, 0.3) is 11.4 Å². The molecular weight excluding hydrogens is 356 g/mol. The summed E-state index contributed by atoms with van der Waals surface area (Å²) in [6, 6.07) is 17.1. The van der Waals surface area contributed by atoms with E-state index in [1.165, 1.54) is 11.8 Å². The topological polar surface area (TPSA) is 78.7 Å². The maximum atomic E-state index is 12.3. The Labute approximate surface area is 162 Å². The lowest BCUT2D eigenvalue weighted by Gasteiger charge is -2.10. The Morgan fingerprint density at radius 3 is 2.74 bits per heavy atom. The third-order valence-corrected chi connectivity index (χ3v) is 4.91. The standard InChI is InChI=1S/C21H18N4OS/c1-14-6-7-15(2)19(11-14)24-20(26)13-27-21-16(12-22)8-9-18(25-21)17-5-3-4-10-23-17/h3-11H,13H2,1-2H3,(H,24,26). The lowest BCUT2D eigenvalue weighted by atomic mass is 10.1. The van der Waals surface area contributed by atoms with Crippen molar-refractivity contribution in [3.63, 3.8) is 0 Å². The van der Waals surface area contributed by atoms with E-state index in [-0.39, 0.29) is 11.7 Å². The van der Waals surface area contributed by atoms with Crippen molar-refractivity contribution in [2.75, 3.05) is 11.1 Å². The Balaban J connectivity index is 1.74. The minimum atomic E-state index is -0.136. The fourth-order valence-corrected chi connectivity index (χ4v) is 3.26. The van der Waals surface area contributed by atoms with Crippen LogP contribution in [0.15, 0.2) is 59.8 Å². The first kappa shape index (κ1) is 18.6. The number of carbonyl (C=O) groups is 1. The van der Waals surface area contributed by atoms with Gasteiger partial charge in [-0.3, -0.25) is 9.78 Å². The highest BCUT2D eigenvalue weighted by Crippen LogP contribution is 2.25. The molecule has 0 atom stereocenters. The number of nitrogens with zero attached hydrogens (tertiary/aromatic N) is 3. The second-order valence-corrected chi connectivity index (χ2v) is 7.00. The van der Waals surface area contributed by atoms with Crippen LogP contribution in [0, 0.1) is 25.2 Å². The van der Waals surface area contributed by atoms with Gasteiger partial charge in [-0.1, -0.05) is 30.0 Å². The lowest BCUT2D eigenvalue weighted by molar-refractivity contribution is -0.113. The predicted octanol–water partition coefficient (Wildman–Crippen LogP) is 4.36. The molecule has 2 heterocycles. The van der Waals surface area contributed by atoms with Crippen molar-refractivity contribution in [2.45, 2.75) is 18.9 Å². The maximum Gasteiger partial charge on any atom is 0.234 e. The number of amides is 1. The molecular formula is C21H18N4OS. The van der Waals surface area contributed by atoms with Gasteiger partial charge in [0.15, 0.2) is 0 Å². The van der Waals surface area contributed by atoms with Crippen molar-refractivity contribution in [3.05, 3.63) is 71.4 Å². The lowest BCUT2D eigenvalue weighted by Crippen LogP contribution is -2.15. The Morgan fingerprint density at radius 1 is 1.15 bits per heavy atom. The highest BCUT2D eigenvalue weighted by molar-refractivity contribution is 8.00. The van der Waals surface area contributed by atoms with E-state index >= 15 is 0 Å². The summed E-state index contributed by atoms with van der Waals surface area (Å²) in [7, 11) is 0. The van der Waals surface area contributed by atoms with Crippen LogP contribution < -0.4 is 5.32 Å². The van der Waals surface area contributed by atoms with Gasteiger partial charge < -0.3 is 5.32 Å². The molecule has 0 bridgehead atoms. The van der Waals surface area contributed by atoms with E-state index in [0.29, 0.717) is 16.3 Å². The summed E-state index contributed by atoms with van der Waals surface area (Å²) in [5, 5.41) is 12.8. The second-order valence-electron chi connectivity index (χ2n) is 6.03. The number of nitrogens with one attached hydrogen (secondary N) is 1. The van der Waals surface area contributed by atoms with E-state index < -0.39 is 0 Å². The number of aryl methyl sites for hydroxylation is 2. The van der Waals surface area contributed by atoms with Gasteiger partial charge in [0.25, 0.3) is 0 Å². The van der Waals surface area contributed by atoms with Crippen LogP contribution in [-0.2, 0) is 4.79 Å². The van der Waals surface area contributed by atoms with Crippen molar-refractivity contribution in [1.29, 1.82) is 5.26 Å². The smallest absolute Gasteiger partial charge is 0.234 e.